The summed E-state index contributed by atoms with van der Waals surface area (Å²) >= 11 is 0. The van der Waals surface area contributed by atoms with Crippen LogP contribution < -0.4 is 10.6 Å². The van der Waals surface area contributed by atoms with E-state index in [0.717, 1.165) is 19.8 Å². The van der Waals surface area contributed by atoms with Gasteiger partial charge in [-0.05, 0) is 25.7 Å². The minimum Gasteiger partial charge on any atom is -0.479 e. The first kappa shape index (κ1) is 12.8. The number of aliphatic hydroxyl groups is 1. The largest absolute Gasteiger partial charge is 0.479 e. The summed E-state index contributed by atoms with van der Waals surface area (Å²) in [6.07, 6.45) is 1.89. The fourth-order valence-corrected chi connectivity index (χ4v) is 1.58. The van der Waals surface area contributed by atoms with Crippen LogP contribution in [0, 0.1) is 5.92 Å². The zero-order valence-electron chi connectivity index (χ0n) is 9.49. The van der Waals surface area contributed by atoms with Crippen molar-refractivity contribution in [1.29, 1.82) is 0 Å². The van der Waals surface area contributed by atoms with E-state index in [0.29, 0.717) is 5.92 Å². The summed E-state index contributed by atoms with van der Waals surface area (Å²) in [6, 6.07) is -0.261. The number of carbonyl (C=O) groups excluding carboxylic acids is 1. The molecule has 2 amide bonds. The predicted octanol–water partition coefficient (Wildman–Crippen LogP) is -0.0803. The maximum Gasteiger partial charge on any atom is 0.337 e. The molecule has 4 N–H and O–H groups in total. The number of hydrogen-bond donors (Lipinski definition) is 4. The topological polar surface area (TPSA) is 98.7 Å². The molecule has 0 bridgehead atoms. The molecule has 0 saturated heterocycles. The van der Waals surface area contributed by atoms with E-state index in [4.69, 9.17) is 5.11 Å². The maximum absolute atomic E-state index is 11.3. The SMILES string of the molecule is CC1CC(NC(=O)NCC(C)(O)C(=O)O)C1. The van der Waals surface area contributed by atoms with Gasteiger partial charge < -0.3 is 20.8 Å². The number of amides is 2. The van der Waals surface area contributed by atoms with E-state index in [9.17, 15) is 14.7 Å². The molecule has 1 rings (SSSR count). The van der Waals surface area contributed by atoms with Crippen LogP contribution in [0.5, 0.6) is 0 Å². The third-order valence-electron chi connectivity index (χ3n) is 2.76. The second-order valence-corrected chi connectivity index (χ2v) is 4.68. The molecule has 0 aromatic heterocycles. The van der Waals surface area contributed by atoms with Crippen molar-refractivity contribution in [3.8, 4) is 0 Å². The highest BCUT2D eigenvalue weighted by Crippen LogP contribution is 2.25. The summed E-state index contributed by atoms with van der Waals surface area (Å²) in [5.74, 6) is -0.725. The van der Waals surface area contributed by atoms with E-state index < -0.39 is 17.6 Å². The molecular weight excluding hydrogens is 212 g/mol. The molecule has 1 fully saturated rings. The number of hydrogen-bond acceptors (Lipinski definition) is 3. The lowest BCUT2D eigenvalue weighted by atomic mass is 9.82. The summed E-state index contributed by atoms with van der Waals surface area (Å²) in [5, 5.41) is 23.0. The summed E-state index contributed by atoms with van der Waals surface area (Å²) in [5.41, 5.74) is -1.93. The Morgan fingerprint density at radius 1 is 1.44 bits per heavy atom. The van der Waals surface area contributed by atoms with E-state index in [1.165, 1.54) is 0 Å². The summed E-state index contributed by atoms with van der Waals surface area (Å²) in [4.78, 5) is 21.8. The van der Waals surface area contributed by atoms with Gasteiger partial charge in [-0.25, -0.2) is 9.59 Å². The van der Waals surface area contributed by atoms with Crippen molar-refractivity contribution in [1.82, 2.24) is 10.6 Å². The Bertz CT molecular complexity index is 285. The smallest absolute Gasteiger partial charge is 0.337 e. The molecule has 0 spiro atoms. The van der Waals surface area contributed by atoms with Crippen LogP contribution in [-0.2, 0) is 4.79 Å². The lowest BCUT2D eigenvalue weighted by Crippen LogP contribution is -2.52. The van der Waals surface area contributed by atoms with E-state index in [2.05, 4.69) is 17.6 Å². The van der Waals surface area contributed by atoms with Gasteiger partial charge in [-0.15, -0.1) is 0 Å². The van der Waals surface area contributed by atoms with Crippen molar-refractivity contribution in [3.05, 3.63) is 0 Å². The molecule has 0 aromatic rings. The van der Waals surface area contributed by atoms with Crippen LogP contribution in [0.4, 0.5) is 4.79 Å². The molecule has 6 heteroatoms. The lowest BCUT2D eigenvalue weighted by Gasteiger charge is -2.33. The maximum atomic E-state index is 11.3. The zero-order valence-corrected chi connectivity index (χ0v) is 9.49. The first-order valence-corrected chi connectivity index (χ1v) is 5.31. The third-order valence-corrected chi connectivity index (χ3v) is 2.76. The van der Waals surface area contributed by atoms with Gasteiger partial charge in [-0.1, -0.05) is 6.92 Å². The normalized spacial score (nSPS) is 27.4. The van der Waals surface area contributed by atoms with Gasteiger partial charge in [0.15, 0.2) is 5.60 Å². The summed E-state index contributed by atoms with van der Waals surface area (Å²) in [7, 11) is 0. The van der Waals surface area contributed by atoms with Crippen LogP contribution in [-0.4, -0.2) is 40.4 Å². The van der Waals surface area contributed by atoms with E-state index in [-0.39, 0.29) is 12.6 Å². The number of carbonyl (C=O) groups is 2. The number of carboxylic acids is 1. The van der Waals surface area contributed by atoms with Crippen molar-refractivity contribution in [2.75, 3.05) is 6.54 Å². The Balaban J connectivity index is 2.22. The first-order valence-electron chi connectivity index (χ1n) is 5.31. The second kappa shape index (κ2) is 4.69. The van der Waals surface area contributed by atoms with Gasteiger partial charge in [0.05, 0.1) is 6.54 Å². The first-order chi connectivity index (χ1) is 7.31. The molecule has 16 heavy (non-hydrogen) atoms. The molecule has 1 saturated carbocycles. The van der Waals surface area contributed by atoms with Gasteiger partial charge >= 0.3 is 12.0 Å². The monoisotopic (exact) mass is 230 g/mol. The fourth-order valence-electron chi connectivity index (χ4n) is 1.58. The standard InChI is InChI=1S/C10H18N2O4/c1-6-3-7(4-6)12-9(15)11-5-10(2,16)8(13)14/h6-7,16H,3-5H2,1-2H3,(H,13,14)(H2,11,12,15). The minimum atomic E-state index is -1.93. The van der Waals surface area contributed by atoms with Crippen LogP contribution in [0.1, 0.15) is 26.7 Å². The number of aliphatic carboxylic acids is 1. The van der Waals surface area contributed by atoms with Gasteiger partial charge in [0.25, 0.3) is 0 Å². The molecule has 1 unspecified atom stereocenters. The molecule has 0 heterocycles. The number of urea groups is 1. The Labute approximate surface area is 94.0 Å². The second-order valence-electron chi connectivity index (χ2n) is 4.68. The number of nitrogens with one attached hydrogen (secondary N) is 2. The van der Waals surface area contributed by atoms with Crippen molar-refractivity contribution in [3.63, 3.8) is 0 Å². The molecule has 1 aliphatic rings. The Morgan fingerprint density at radius 3 is 2.44 bits per heavy atom. The zero-order chi connectivity index (χ0) is 12.3. The highest BCUT2D eigenvalue weighted by atomic mass is 16.4. The molecule has 6 nitrogen and oxygen atoms in total. The third kappa shape index (κ3) is 3.37. The van der Waals surface area contributed by atoms with Crippen LogP contribution >= 0.6 is 0 Å². The Hall–Kier alpha value is -1.30. The van der Waals surface area contributed by atoms with Gasteiger partial charge in [-0.3, -0.25) is 0 Å². The summed E-state index contributed by atoms with van der Waals surface area (Å²) < 4.78 is 0. The van der Waals surface area contributed by atoms with E-state index in [1.54, 1.807) is 0 Å². The minimum absolute atomic E-state index is 0.171. The van der Waals surface area contributed by atoms with E-state index >= 15 is 0 Å². The molecule has 1 atom stereocenters. The van der Waals surface area contributed by atoms with Crippen LogP contribution in [0.3, 0.4) is 0 Å². The molecule has 0 aromatic carbocycles. The molecule has 0 aliphatic heterocycles. The number of carboxylic acid groups (broad SMARTS) is 1. The highest BCUT2D eigenvalue weighted by molar-refractivity contribution is 5.79. The Kier molecular flexibility index (Phi) is 3.74. The van der Waals surface area contributed by atoms with Gasteiger partial charge in [0.2, 0.25) is 0 Å². The molecule has 1 aliphatic carbocycles. The quantitative estimate of drug-likeness (QED) is 0.543. The molecule has 92 valence electrons. The van der Waals surface area contributed by atoms with Crippen molar-refractivity contribution in [2.24, 2.45) is 5.92 Å². The van der Waals surface area contributed by atoms with Crippen LogP contribution in [0.2, 0.25) is 0 Å². The van der Waals surface area contributed by atoms with Crippen molar-refractivity contribution in [2.45, 2.75) is 38.3 Å². The van der Waals surface area contributed by atoms with Gasteiger partial charge in [0.1, 0.15) is 0 Å². The van der Waals surface area contributed by atoms with E-state index in [1.807, 2.05) is 0 Å². The lowest BCUT2D eigenvalue weighted by molar-refractivity contribution is -0.155. The fraction of sp³-hybridized carbons (Fsp3) is 0.800. The van der Waals surface area contributed by atoms with Gasteiger partial charge in [0, 0.05) is 6.04 Å². The Morgan fingerprint density at radius 2 is 2.00 bits per heavy atom. The summed E-state index contributed by atoms with van der Waals surface area (Å²) in [6.45, 7) is 2.93. The van der Waals surface area contributed by atoms with Gasteiger partial charge in [-0.2, -0.15) is 0 Å². The predicted molar refractivity (Wildman–Crippen MR) is 57.0 cm³/mol. The van der Waals surface area contributed by atoms with Crippen LogP contribution in [0.25, 0.3) is 0 Å². The number of rotatable bonds is 4. The average molecular weight is 230 g/mol. The van der Waals surface area contributed by atoms with Crippen molar-refractivity contribution < 1.29 is 19.8 Å². The van der Waals surface area contributed by atoms with Crippen LogP contribution in [0.15, 0.2) is 0 Å². The molecular formula is C10H18N2O4. The van der Waals surface area contributed by atoms with Crippen molar-refractivity contribution >= 4 is 12.0 Å². The average Bonchev–Trinajstić information content (AvgIpc) is 2.12. The highest BCUT2D eigenvalue weighted by Gasteiger charge is 2.31. The molecule has 0 radical (unpaired) electrons.